The van der Waals surface area contributed by atoms with Crippen molar-refractivity contribution in [3.63, 3.8) is 0 Å². The van der Waals surface area contributed by atoms with Crippen LogP contribution in [0.1, 0.15) is 19.8 Å². The van der Waals surface area contributed by atoms with Crippen LogP contribution in [0.2, 0.25) is 0 Å². The number of ether oxygens (including phenoxy) is 1. The van der Waals surface area contributed by atoms with E-state index in [2.05, 4.69) is 0 Å². The molecule has 3 heteroatoms. The fourth-order valence-corrected chi connectivity index (χ4v) is 1.93. The third-order valence-electron chi connectivity index (χ3n) is 2.75. The third kappa shape index (κ3) is 0.966. The van der Waals surface area contributed by atoms with Gasteiger partial charge in [-0.05, 0) is 18.4 Å². The van der Waals surface area contributed by atoms with E-state index in [9.17, 15) is 9.90 Å². The summed E-state index contributed by atoms with van der Waals surface area (Å²) in [6, 6.07) is 0. The van der Waals surface area contributed by atoms with Crippen LogP contribution in [0.4, 0.5) is 0 Å². The van der Waals surface area contributed by atoms with Gasteiger partial charge in [0.05, 0.1) is 6.10 Å². The van der Waals surface area contributed by atoms with Crippen molar-refractivity contribution in [2.75, 3.05) is 6.61 Å². The predicted molar refractivity (Wildman–Crippen MR) is 42.4 cm³/mol. The fraction of sp³-hybridized carbons (Fsp3) is 0.667. The standard InChI is InChI=1S/C9H12O3/c1-5-7(10)3-2-6-4-12-9(11)8(5)6/h5,7,10H,2-4H2,1H3. The molecule has 66 valence electrons. The number of hydrogen-bond acceptors (Lipinski definition) is 3. The van der Waals surface area contributed by atoms with Crippen LogP contribution < -0.4 is 0 Å². The third-order valence-corrected chi connectivity index (χ3v) is 2.75. The first-order valence-corrected chi connectivity index (χ1v) is 4.27. The Hall–Kier alpha value is -0.830. The topological polar surface area (TPSA) is 46.5 Å². The zero-order valence-electron chi connectivity index (χ0n) is 7.04. The van der Waals surface area contributed by atoms with E-state index in [1.807, 2.05) is 6.92 Å². The number of carbonyl (C=O) groups excluding carboxylic acids is 1. The Morgan fingerprint density at radius 2 is 2.33 bits per heavy atom. The summed E-state index contributed by atoms with van der Waals surface area (Å²) in [4.78, 5) is 11.2. The SMILES string of the molecule is CC1C2=C(CCC1O)COC2=O. The molecule has 0 saturated carbocycles. The van der Waals surface area contributed by atoms with Gasteiger partial charge >= 0.3 is 5.97 Å². The second-order valence-electron chi connectivity index (χ2n) is 3.49. The average Bonchev–Trinajstić information content (AvgIpc) is 2.41. The molecule has 0 fully saturated rings. The maximum Gasteiger partial charge on any atom is 0.334 e. The van der Waals surface area contributed by atoms with Crippen molar-refractivity contribution in [2.24, 2.45) is 5.92 Å². The smallest absolute Gasteiger partial charge is 0.334 e. The zero-order chi connectivity index (χ0) is 8.72. The second-order valence-corrected chi connectivity index (χ2v) is 3.49. The number of rotatable bonds is 0. The van der Waals surface area contributed by atoms with Crippen molar-refractivity contribution in [3.8, 4) is 0 Å². The molecular formula is C9H12O3. The molecule has 3 nitrogen and oxygen atoms in total. The molecular weight excluding hydrogens is 156 g/mol. The van der Waals surface area contributed by atoms with Crippen LogP contribution in [0, 0.1) is 5.92 Å². The van der Waals surface area contributed by atoms with Crippen LogP contribution in [-0.4, -0.2) is 23.8 Å². The Morgan fingerprint density at radius 3 is 3.08 bits per heavy atom. The van der Waals surface area contributed by atoms with Gasteiger partial charge in [-0.25, -0.2) is 4.79 Å². The lowest BCUT2D eigenvalue weighted by Crippen LogP contribution is -2.26. The van der Waals surface area contributed by atoms with Crippen LogP contribution in [0.5, 0.6) is 0 Å². The average molecular weight is 168 g/mol. The van der Waals surface area contributed by atoms with Gasteiger partial charge in [0, 0.05) is 11.5 Å². The van der Waals surface area contributed by atoms with Crippen molar-refractivity contribution in [2.45, 2.75) is 25.9 Å². The summed E-state index contributed by atoms with van der Waals surface area (Å²) in [7, 11) is 0. The molecule has 2 aliphatic rings. The predicted octanol–water partition coefficient (Wildman–Crippen LogP) is 0.631. The molecule has 2 rings (SSSR count). The molecule has 2 atom stereocenters. The number of aliphatic hydroxyl groups excluding tert-OH is 1. The zero-order valence-corrected chi connectivity index (χ0v) is 7.04. The molecule has 0 saturated heterocycles. The molecule has 0 aromatic heterocycles. The minimum Gasteiger partial charge on any atom is -0.458 e. The molecule has 1 aliphatic carbocycles. The first-order valence-electron chi connectivity index (χ1n) is 4.27. The Balaban J connectivity index is 2.33. The van der Waals surface area contributed by atoms with Gasteiger partial charge in [0.1, 0.15) is 6.61 Å². The highest BCUT2D eigenvalue weighted by Gasteiger charge is 2.35. The van der Waals surface area contributed by atoms with Crippen molar-refractivity contribution in [1.29, 1.82) is 0 Å². The number of hydrogen-bond donors (Lipinski definition) is 1. The minimum atomic E-state index is -0.366. The van der Waals surface area contributed by atoms with Gasteiger partial charge in [-0.3, -0.25) is 0 Å². The summed E-state index contributed by atoms with van der Waals surface area (Å²) in [6.45, 7) is 2.33. The van der Waals surface area contributed by atoms with Crippen LogP contribution in [0.15, 0.2) is 11.1 Å². The van der Waals surface area contributed by atoms with Gasteiger partial charge < -0.3 is 9.84 Å². The summed E-state index contributed by atoms with van der Waals surface area (Å²) < 4.78 is 4.89. The quantitative estimate of drug-likeness (QED) is 0.540. The molecule has 0 spiro atoms. The van der Waals surface area contributed by atoms with Crippen molar-refractivity contribution >= 4 is 5.97 Å². The largest absolute Gasteiger partial charge is 0.458 e. The van der Waals surface area contributed by atoms with E-state index in [-0.39, 0.29) is 18.0 Å². The lowest BCUT2D eigenvalue weighted by molar-refractivity contribution is -0.136. The van der Waals surface area contributed by atoms with Gasteiger partial charge in [-0.2, -0.15) is 0 Å². The molecule has 0 aromatic rings. The van der Waals surface area contributed by atoms with E-state index in [1.165, 1.54) is 0 Å². The van der Waals surface area contributed by atoms with E-state index in [0.717, 1.165) is 24.0 Å². The van der Waals surface area contributed by atoms with E-state index in [1.54, 1.807) is 0 Å². The molecule has 1 aliphatic heterocycles. The Kier molecular flexibility index (Phi) is 1.68. The van der Waals surface area contributed by atoms with Crippen LogP contribution >= 0.6 is 0 Å². The lowest BCUT2D eigenvalue weighted by Gasteiger charge is -2.23. The molecule has 0 radical (unpaired) electrons. The van der Waals surface area contributed by atoms with Crippen LogP contribution in [-0.2, 0) is 9.53 Å². The molecule has 0 amide bonds. The molecule has 1 heterocycles. The highest BCUT2D eigenvalue weighted by atomic mass is 16.5. The molecule has 12 heavy (non-hydrogen) atoms. The monoisotopic (exact) mass is 168 g/mol. The summed E-state index contributed by atoms with van der Waals surface area (Å²) in [5, 5.41) is 9.50. The van der Waals surface area contributed by atoms with Gasteiger partial charge in [0.15, 0.2) is 0 Å². The summed E-state index contributed by atoms with van der Waals surface area (Å²) in [5.74, 6) is -0.264. The highest BCUT2D eigenvalue weighted by molar-refractivity contribution is 5.92. The fourth-order valence-electron chi connectivity index (χ4n) is 1.93. The Morgan fingerprint density at radius 1 is 1.58 bits per heavy atom. The number of aliphatic hydroxyl groups is 1. The summed E-state index contributed by atoms with van der Waals surface area (Å²) in [6.07, 6.45) is 1.21. The van der Waals surface area contributed by atoms with Gasteiger partial charge in [-0.1, -0.05) is 6.92 Å². The van der Waals surface area contributed by atoms with Crippen molar-refractivity contribution in [3.05, 3.63) is 11.1 Å². The van der Waals surface area contributed by atoms with E-state index in [0.29, 0.717) is 6.61 Å². The van der Waals surface area contributed by atoms with E-state index >= 15 is 0 Å². The summed E-state index contributed by atoms with van der Waals surface area (Å²) in [5.41, 5.74) is 1.83. The van der Waals surface area contributed by atoms with Crippen LogP contribution in [0.25, 0.3) is 0 Å². The molecule has 0 bridgehead atoms. The van der Waals surface area contributed by atoms with Crippen molar-refractivity contribution in [1.82, 2.24) is 0 Å². The molecule has 2 unspecified atom stereocenters. The van der Waals surface area contributed by atoms with E-state index < -0.39 is 0 Å². The first-order chi connectivity index (χ1) is 5.70. The highest BCUT2D eigenvalue weighted by Crippen LogP contribution is 2.34. The Labute approximate surface area is 71.0 Å². The van der Waals surface area contributed by atoms with Gasteiger partial charge in [0.25, 0.3) is 0 Å². The lowest BCUT2D eigenvalue weighted by atomic mass is 9.83. The number of carbonyl (C=O) groups is 1. The van der Waals surface area contributed by atoms with Crippen molar-refractivity contribution < 1.29 is 14.6 Å². The van der Waals surface area contributed by atoms with Gasteiger partial charge in [0.2, 0.25) is 0 Å². The van der Waals surface area contributed by atoms with Gasteiger partial charge in [-0.15, -0.1) is 0 Å². The molecule has 1 N–H and O–H groups in total. The first kappa shape index (κ1) is 7.80. The second kappa shape index (κ2) is 2.59. The number of esters is 1. The minimum absolute atomic E-state index is 0.0382. The number of cyclic esters (lactones) is 1. The van der Waals surface area contributed by atoms with E-state index in [4.69, 9.17) is 4.74 Å². The van der Waals surface area contributed by atoms with Crippen LogP contribution in [0.3, 0.4) is 0 Å². The maximum atomic E-state index is 11.2. The maximum absolute atomic E-state index is 11.2. The summed E-state index contributed by atoms with van der Waals surface area (Å²) >= 11 is 0. The molecule has 0 aromatic carbocycles. The Bertz CT molecular complexity index is 254. The normalized spacial score (nSPS) is 35.0.